The molecule has 0 aromatic carbocycles. The van der Waals surface area contributed by atoms with Gasteiger partial charge in [0.05, 0.1) is 6.04 Å². The first-order chi connectivity index (χ1) is 11.7. The van der Waals surface area contributed by atoms with E-state index in [1.165, 1.54) is 0 Å². The predicted octanol–water partition coefficient (Wildman–Crippen LogP) is 3.91. The molecule has 1 fully saturated rings. The fourth-order valence-electron chi connectivity index (χ4n) is 3.14. The summed E-state index contributed by atoms with van der Waals surface area (Å²) in [7, 11) is 0. The van der Waals surface area contributed by atoms with Crippen LogP contribution in [0, 0.1) is 0 Å². The summed E-state index contributed by atoms with van der Waals surface area (Å²) in [6.45, 7) is 10.1. The number of carbonyl (C=O) groups excluding carboxylic acids is 2. The standard InChI is InChI=1S/C19H29N3O3/c1-14(2)22(18(24)25-19(3,4)5)17-15(9-8-11-20-17)16-10-6-7-12-21(16)13-23/h8-9,11,13-14,16H,6-7,10,12H2,1-5H3. The maximum atomic E-state index is 12.8. The van der Waals surface area contributed by atoms with Gasteiger partial charge in [0, 0.05) is 24.3 Å². The number of likely N-dealkylation sites (tertiary alicyclic amines) is 1. The van der Waals surface area contributed by atoms with Crippen LogP contribution in [0.4, 0.5) is 10.6 Å². The molecule has 1 atom stereocenters. The van der Waals surface area contributed by atoms with Gasteiger partial charge in [-0.15, -0.1) is 0 Å². The lowest BCUT2D eigenvalue weighted by Gasteiger charge is -2.36. The molecule has 0 bridgehead atoms. The number of hydrogen-bond donors (Lipinski definition) is 0. The minimum Gasteiger partial charge on any atom is -0.443 e. The van der Waals surface area contributed by atoms with Gasteiger partial charge in [-0.05, 0) is 59.9 Å². The molecule has 2 heterocycles. The number of carbonyl (C=O) groups is 2. The van der Waals surface area contributed by atoms with Crippen molar-refractivity contribution in [1.82, 2.24) is 9.88 Å². The minimum atomic E-state index is -0.584. The Morgan fingerprint density at radius 3 is 2.72 bits per heavy atom. The van der Waals surface area contributed by atoms with Crippen molar-refractivity contribution in [3.63, 3.8) is 0 Å². The summed E-state index contributed by atoms with van der Waals surface area (Å²) in [6, 6.07) is 3.63. The van der Waals surface area contributed by atoms with E-state index < -0.39 is 11.7 Å². The van der Waals surface area contributed by atoms with Gasteiger partial charge in [0.15, 0.2) is 0 Å². The van der Waals surface area contributed by atoms with E-state index in [-0.39, 0.29) is 12.1 Å². The molecule has 138 valence electrons. The second kappa shape index (κ2) is 7.85. The summed E-state index contributed by atoms with van der Waals surface area (Å²) < 4.78 is 5.57. The molecule has 0 spiro atoms. The lowest BCUT2D eigenvalue weighted by molar-refractivity contribution is -0.121. The number of pyridine rings is 1. The highest BCUT2D eigenvalue weighted by atomic mass is 16.6. The largest absolute Gasteiger partial charge is 0.443 e. The Bertz CT molecular complexity index is 610. The highest BCUT2D eigenvalue weighted by Crippen LogP contribution is 2.35. The van der Waals surface area contributed by atoms with Crippen LogP contribution in [0.15, 0.2) is 18.3 Å². The minimum absolute atomic E-state index is 0.0568. The van der Waals surface area contributed by atoms with E-state index in [0.29, 0.717) is 5.82 Å². The van der Waals surface area contributed by atoms with E-state index >= 15 is 0 Å². The molecule has 1 aromatic heterocycles. The van der Waals surface area contributed by atoms with Gasteiger partial charge in [-0.3, -0.25) is 9.69 Å². The molecule has 0 saturated carbocycles. The van der Waals surface area contributed by atoms with Gasteiger partial charge in [0.25, 0.3) is 0 Å². The molecular weight excluding hydrogens is 318 g/mol. The number of hydrogen-bond acceptors (Lipinski definition) is 4. The molecule has 25 heavy (non-hydrogen) atoms. The van der Waals surface area contributed by atoms with Crippen molar-refractivity contribution in [1.29, 1.82) is 0 Å². The molecule has 0 radical (unpaired) electrons. The Balaban J connectivity index is 2.42. The maximum absolute atomic E-state index is 12.8. The van der Waals surface area contributed by atoms with Crippen LogP contribution < -0.4 is 4.90 Å². The van der Waals surface area contributed by atoms with Gasteiger partial charge >= 0.3 is 6.09 Å². The molecule has 2 amide bonds. The summed E-state index contributed by atoms with van der Waals surface area (Å²) in [5, 5.41) is 0. The number of piperidine rings is 1. The van der Waals surface area contributed by atoms with Crippen molar-refractivity contribution < 1.29 is 14.3 Å². The average Bonchev–Trinajstić information content (AvgIpc) is 2.53. The monoisotopic (exact) mass is 347 g/mol. The fraction of sp³-hybridized carbons (Fsp3) is 0.632. The Hall–Kier alpha value is -2.11. The second-order valence-electron chi connectivity index (χ2n) is 7.72. The Morgan fingerprint density at radius 2 is 2.12 bits per heavy atom. The molecule has 2 rings (SSSR count). The van der Waals surface area contributed by atoms with E-state index in [1.807, 2.05) is 46.8 Å². The molecule has 1 aromatic rings. The smallest absolute Gasteiger partial charge is 0.416 e. The van der Waals surface area contributed by atoms with E-state index in [4.69, 9.17) is 4.74 Å². The third-order valence-electron chi connectivity index (χ3n) is 4.19. The molecule has 1 unspecified atom stereocenters. The van der Waals surface area contributed by atoms with Crippen LogP contribution in [-0.4, -0.2) is 40.6 Å². The molecule has 1 aliphatic rings. The van der Waals surface area contributed by atoms with Gasteiger partial charge in [-0.1, -0.05) is 6.07 Å². The second-order valence-corrected chi connectivity index (χ2v) is 7.72. The topological polar surface area (TPSA) is 62.7 Å². The zero-order chi connectivity index (χ0) is 18.6. The van der Waals surface area contributed by atoms with Gasteiger partial charge < -0.3 is 9.64 Å². The Kier molecular flexibility index (Phi) is 6.03. The third-order valence-corrected chi connectivity index (χ3v) is 4.19. The number of ether oxygens (including phenoxy) is 1. The summed E-state index contributed by atoms with van der Waals surface area (Å²) in [6.07, 6.45) is 5.08. The average molecular weight is 347 g/mol. The summed E-state index contributed by atoms with van der Waals surface area (Å²) in [5.74, 6) is 0.575. The van der Waals surface area contributed by atoms with E-state index in [1.54, 1.807) is 16.0 Å². The molecular formula is C19H29N3O3. The van der Waals surface area contributed by atoms with Crippen molar-refractivity contribution in [2.45, 2.75) is 71.6 Å². The number of rotatable bonds is 4. The van der Waals surface area contributed by atoms with Crippen molar-refractivity contribution in [3.05, 3.63) is 23.9 Å². The first-order valence-electron chi connectivity index (χ1n) is 8.92. The van der Waals surface area contributed by atoms with Gasteiger partial charge in [-0.2, -0.15) is 0 Å². The van der Waals surface area contributed by atoms with Crippen LogP contribution in [0.1, 0.15) is 65.5 Å². The normalized spacial score (nSPS) is 18.2. The third kappa shape index (κ3) is 4.71. The summed E-state index contributed by atoms with van der Waals surface area (Å²) in [5.41, 5.74) is 0.313. The molecule has 1 aliphatic heterocycles. The SMILES string of the molecule is CC(C)N(C(=O)OC(C)(C)C)c1ncccc1C1CCCCN1C=O. The highest BCUT2D eigenvalue weighted by Gasteiger charge is 2.32. The zero-order valence-corrected chi connectivity index (χ0v) is 15.9. The van der Waals surface area contributed by atoms with Crippen LogP contribution in [0.5, 0.6) is 0 Å². The fourth-order valence-corrected chi connectivity index (χ4v) is 3.14. The van der Waals surface area contributed by atoms with Gasteiger partial charge in [0.2, 0.25) is 6.41 Å². The zero-order valence-electron chi connectivity index (χ0n) is 15.9. The number of aromatic nitrogens is 1. The van der Waals surface area contributed by atoms with Crippen molar-refractivity contribution in [2.24, 2.45) is 0 Å². The van der Waals surface area contributed by atoms with E-state index in [0.717, 1.165) is 37.8 Å². The first-order valence-corrected chi connectivity index (χ1v) is 8.92. The number of amides is 2. The predicted molar refractivity (Wildman–Crippen MR) is 97.4 cm³/mol. The van der Waals surface area contributed by atoms with Crippen LogP contribution in [0.2, 0.25) is 0 Å². The van der Waals surface area contributed by atoms with Crippen LogP contribution in [0.25, 0.3) is 0 Å². The molecule has 6 heteroatoms. The van der Waals surface area contributed by atoms with Crippen molar-refractivity contribution in [3.8, 4) is 0 Å². The molecule has 0 aliphatic carbocycles. The highest BCUT2D eigenvalue weighted by molar-refractivity contribution is 5.88. The van der Waals surface area contributed by atoms with Crippen LogP contribution >= 0.6 is 0 Å². The summed E-state index contributed by atoms with van der Waals surface area (Å²) >= 11 is 0. The van der Waals surface area contributed by atoms with E-state index in [9.17, 15) is 9.59 Å². The Morgan fingerprint density at radius 1 is 1.40 bits per heavy atom. The molecule has 1 saturated heterocycles. The van der Waals surface area contributed by atoms with Gasteiger partial charge in [0.1, 0.15) is 11.4 Å². The van der Waals surface area contributed by atoms with Crippen LogP contribution in [0.3, 0.4) is 0 Å². The molecule has 6 nitrogen and oxygen atoms in total. The first kappa shape index (κ1) is 19.2. The lowest BCUT2D eigenvalue weighted by Crippen LogP contribution is -2.43. The van der Waals surface area contributed by atoms with Crippen molar-refractivity contribution >= 4 is 18.3 Å². The van der Waals surface area contributed by atoms with E-state index in [2.05, 4.69) is 4.98 Å². The van der Waals surface area contributed by atoms with Crippen molar-refractivity contribution in [2.75, 3.05) is 11.4 Å². The Labute approximate surface area is 150 Å². The number of anilines is 1. The van der Waals surface area contributed by atoms with Gasteiger partial charge in [-0.25, -0.2) is 9.78 Å². The van der Waals surface area contributed by atoms with Crippen LogP contribution in [-0.2, 0) is 9.53 Å². The number of nitrogens with zero attached hydrogens (tertiary/aromatic N) is 3. The quantitative estimate of drug-likeness (QED) is 0.775. The maximum Gasteiger partial charge on any atom is 0.416 e. The molecule has 0 N–H and O–H groups in total. The summed E-state index contributed by atoms with van der Waals surface area (Å²) in [4.78, 5) is 32.1. The lowest BCUT2D eigenvalue weighted by atomic mass is 9.95.